The predicted molar refractivity (Wildman–Crippen MR) is 70.3 cm³/mol. The second kappa shape index (κ2) is 5.21. The van der Waals surface area contributed by atoms with Crippen LogP contribution >= 0.6 is 11.3 Å². The fourth-order valence-corrected chi connectivity index (χ4v) is 2.48. The average Bonchev–Trinajstić information content (AvgIpc) is 2.59. The topological polar surface area (TPSA) is 49.6 Å². The van der Waals surface area contributed by atoms with E-state index in [9.17, 15) is 4.79 Å². The van der Waals surface area contributed by atoms with E-state index in [1.54, 1.807) is 19.0 Å². The molecule has 0 aliphatic heterocycles. The number of hydrogen-bond donors (Lipinski definition) is 1. The second-order valence-electron chi connectivity index (χ2n) is 3.99. The molecule has 1 aromatic rings. The monoisotopic (exact) mass is 241 g/mol. The molecule has 4 nitrogen and oxygen atoms in total. The summed E-state index contributed by atoms with van der Waals surface area (Å²) < 4.78 is 0. The zero-order valence-electron chi connectivity index (χ0n) is 10.3. The molecule has 0 bridgehead atoms. The van der Waals surface area contributed by atoms with Crippen molar-refractivity contribution in [2.75, 3.05) is 38.3 Å². The third-order valence-electron chi connectivity index (χ3n) is 2.28. The number of amides is 1. The average molecular weight is 241 g/mol. The van der Waals surface area contributed by atoms with Gasteiger partial charge in [-0.05, 0) is 12.5 Å². The van der Waals surface area contributed by atoms with Crippen molar-refractivity contribution in [2.24, 2.45) is 0 Å². The van der Waals surface area contributed by atoms with Crippen molar-refractivity contribution in [3.8, 4) is 0 Å². The zero-order chi connectivity index (χ0) is 12.3. The minimum atomic E-state index is -0.0290. The molecule has 5 heteroatoms. The summed E-state index contributed by atoms with van der Waals surface area (Å²) in [6.07, 6.45) is 1.07. The van der Waals surface area contributed by atoms with Crippen molar-refractivity contribution in [1.82, 2.24) is 4.90 Å². The van der Waals surface area contributed by atoms with Gasteiger partial charge in [-0.15, -0.1) is 11.3 Å². The van der Waals surface area contributed by atoms with Gasteiger partial charge in [0.05, 0.1) is 10.7 Å². The molecule has 0 aliphatic rings. The number of anilines is 2. The highest BCUT2D eigenvalue weighted by Crippen LogP contribution is 2.32. The molecule has 0 unspecified atom stereocenters. The summed E-state index contributed by atoms with van der Waals surface area (Å²) in [6, 6.07) is 1.87. The van der Waals surface area contributed by atoms with Gasteiger partial charge >= 0.3 is 0 Å². The Morgan fingerprint density at radius 2 is 2.06 bits per heavy atom. The van der Waals surface area contributed by atoms with Crippen LogP contribution in [-0.2, 0) is 0 Å². The molecule has 1 aromatic heterocycles. The van der Waals surface area contributed by atoms with Crippen LogP contribution in [0.4, 0.5) is 10.7 Å². The van der Waals surface area contributed by atoms with Crippen molar-refractivity contribution in [3.05, 3.63) is 10.9 Å². The van der Waals surface area contributed by atoms with E-state index < -0.39 is 0 Å². The number of nitrogen functional groups attached to an aromatic ring is 1. The molecule has 16 heavy (non-hydrogen) atoms. The van der Waals surface area contributed by atoms with Gasteiger partial charge < -0.3 is 15.5 Å². The number of nitrogens with two attached hydrogens (primary N) is 1. The minimum absolute atomic E-state index is 0.0290. The number of rotatable bonds is 4. The molecule has 1 rings (SSSR count). The number of carbonyl (C=O) groups excluding carboxylic acids is 1. The Bertz CT molecular complexity index is 373. The Labute approximate surface area is 101 Å². The molecule has 0 fully saturated rings. The molecule has 90 valence electrons. The first-order valence-electron chi connectivity index (χ1n) is 5.29. The molecule has 0 saturated heterocycles. The number of hydrogen-bond acceptors (Lipinski definition) is 4. The van der Waals surface area contributed by atoms with Crippen molar-refractivity contribution < 1.29 is 4.79 Å². The molecule has 1 amide bonds. The Hall–Kier alpha value is -1.23. The highest BCUT2D eigenvalue weighted by atomic mass is 32.1. The van der Waals surface area contributed by atoms with E-state index in [-0.39, 0.29) is 5.91 Å². The zero-order valence-corrected chi connectivity index (χ0v) is 11.1. The third kappa shape index (κ3) is 2.66. The van der Waals surface area contributed by atoms with E-state index >= 15 is 0 Å². The molecule has 2 N–H and O–H groups in total. The first-order chi connectivity index (χ1) is 7.47. The van der Waals surface area contributed by atoms with Gasteiger partial charge in [-0.1, -0.05) is 6.92 Å². The number of thiophene rings is 1. The summed E-state index contributed by atoms with van der Waals surface area (Å²) in [5.41, 5.74) is 6.42. The lowest BCUT2D eigenvalue weighted by Gasteiger charge is -2.15. The van der Waals surface area contributed by atoms with E-state index in [0.717, 1.165) is 18.0 Å². The fraction of sp³-hybridized carbons (Fsp3) is 0.545. The normalized spacial score (nSPS) is 10.2. The smallest absolute Gasteiger partial charge is 0.265 e. The van der Waals surface area contributed by atoms with Gasteiger partial charge in [-0.2, -0.15) is 0 Å². The van der Waals surface area contributed by atoms with Gasteiger partial charge in [0.15, 0.2) is 0 Å². The maximum absolute atomic E-state index is 11.8. The third-order valence-corrected chi connectivity index (χ3v) is 3.54. The quantitative estimate of drug-likeness (QED) is 0.875. The Balaban J connectivity index is 2.93. The van der Waals surface area contributed by atoms with Crippen LogP contribution in [0.15, 0.2) is 6.07 Å². The van der Waals surface area contributed by atoms with Crippen LogP contribution in [0.2, 0.25) is 0 Å². The molecule has 0 spiro atoms. The molecule has 0 aliphatic carbocycles. The molecule has 0 aromatic carbocycles. The van der Waals surface area contributed by atoms with Crippen molar-refractivity contribution >= 4 is 27.9 Å². The van der Waals surface area contributed by atoms with Gasteiger partial charge in [0.25, 0.3) is 5.91 Å². The molecule has 0 radical (unpaired) electrons. The van der Waals surface area contributed by atoms with E-state index in [1.807, 2.05) is 13.1 Å². The summed E-state index contributed by atoms with van der Waals surface area (Å²) >= 11 is 1.45. The fourth-order valence-electron chi connectivity index (χ4n) is 1.40. The lowest BCUT2D eigenvalue weighted by Crippen LogP contribution is -2.21. The summed E-state index contributed by atoms with van der Waals surface area (Å²) in [4.78, 5) is 16.1. The highest BCUT2D eigenvalue weighted by molar-refractivity contribution is 7.18. The SMILES string of the molecule is CCCN(C)c1cc(N)c(C(=O)N(C)C)s1. The Morgan fingerprint density at radius 3 is 2.56 bits per heavy atom. The summed E-state index contributed by atoms with van der Waals surface area (Å²) in [5, 5.41) is 1.05. The van der Waals surface area contributed by atoms with Gasteiger partial charge in [-0.25, -0.2) is 0 Å². The second-order valence-corrected chi connectivity index (χ2v) is 5.02. The van der Waals surface area contributed by atoms with Gasteiger partial charge in [0.1, 0.15) is 4.88 Å². The van der Waals surface area contributed by atoms with Crippen molar-refractivity contribution in [2.45, 2.75) is 13.3 Å². The Morgan fingerprint density at radius 1 is 1.44 bits per heavy atom. The number of carbonyl (C=O) groups is 1. The van der Waals surface area contributed by atoms with Crippen LogP contribution in [0.1, 0.15) is 23.0 Å². The summed E-state index contributed by atoms with van der Waals surface area (Å²) in [5.74, 6) is -0.0290. The van der Waals surface area contributed by atoms with Crippen molar-refractivity contribution in [1.29, 1.82) is 0 Å². The molecular weight excluding hydrogens is 222 g/mol. The van der Waals surface area contributed by atoms with Crippen molar-refractivity contribution in [3.63, 3.8) is 0 Å². The van der Waals surface area contributed by atoms with Crippen LogP contribution in [-0.4, -0.2) is 38.5 Å². The van der Waals surface area contributed by atoms with E-state index in [0.29, 0.717) is 10.6 Å². The van der Waals surface area contributed by atoms with Crippen LogP contribution in [0, 0.1) is 0 Å². The predicted octanol–water partition coefficient (Wildman–Crippen LogP) is 1.88. The van der Waals surface area contributed by atoms with Gasteiger partial charge in [0.2, 0.25) is 0 Å². The van der Waals surface area contributed by atoms with E-state index in [2.05, 4.69) is 11.8 Å². The maximum Gasteiger partial charge on any atom is 0.265 e. The molecular formula is C11H19N3OS. The van der Waals surface area contributed by atoms with E-state index in [1.165, 1.54) is 11.3 Å². The largest absolute Gasteiger partial charge is 0.397 e. The van der Waals surface area contributed by atoms with Gasteiger partial charge in [0, 0.05) is 27.7 Å². The minimum Gasteiger partial charge on any atom is -0.397 e. The number of nitrogens with zero attached hydrogens (tertiary/aromatic N) is 2. The Kier molecular flexibility index (Phi) is 4.18. The maximum atomic E-state index is 11.8. The van der Waals surface area contributed by atoms with Crippen LogP contribution in [0.3, 0.4) is 0 Å². The highest BCUT2D eigenvalue weighted by Gasteiger charge is 2.17. The first-order valence-corrected chi connectivity index (χ1v) is 6.11. The summed E-state index contributed by atoms with van der Waals surface area (Å²) in [7, 11) is 5.48. The molecule has 0 atom stereocenters. The first kappa shape index (κ1) is 12.8. The van der Waals surface area contributed by atoms with E-state index in [4.69, 9.17) is 5.73 Å². The standard InChI is InChI=1S/C11H19N3OS/c1-5-6-14(4)9-7-8(12)10(16-9)11(15)13(2)3/h7H,5-6,12H2,1-4H3. The van der Waals surface area contributed by atoms with Gasteiger partial charge in [-0.3, -0.25) is 4.79 Å². The molecule has 0 saturated carbocycles. The van der Waals surface area contributed by atoms with Crippen LogP contribution in [0.25, 0.3) is 0 Å². The van der Waals surface area contributed by atoms with Crippen LogP contribution in [0.5, 0.6) is 0 Å². The summed E-state index contributed by atoms with van der Waals surface area (Å²) in [6.45, 7) is 3.09. The lowest BCUT2D eigenvalue weighted by molar-refractivity contribution is 0.0833. The van der Waals surface area contributed by atoms with Crippen LogP contribution < -0.4 is 10.6 Å². The lowest BCUT2D eigenvalue weighted by atomic mass is 10.3. The molecule has 1 heterocycles.